The number of aliphatic hydroxyl groups excluding tert-OH is 1. The van der Waals surface area contributed by atoms with Crippen LogP contribution < -0.4 is 10.6 Å². The lowest BCUT2D eigenvalue weighted by Crippen LogP contribution is -2.29. The number of aliphatic hydroxyl groups is 1. The Hall–Kier alpha value is -2.98. The summed E-state index contributed by atoms with van der Waals surface area (Å²) in [5.74, 6) is 0.546. The molecule has 2 aromatic rings. The molecule has 3 N–H and O–H groups in total. The molecule has 0 saturated heterocycles. The van der Waals surface area contributed by atoms with Gasteiger partial charge >= 0.3 is 0 Å². The van der Waals surface area contributed by atoms with E-state index in [-0.39, 0.29) is 5.91 Å². The van der Waals surface area contributed by atoms with Crippen LogP contribution in [0.3, 0.4) is 0 Å². The van der Waals surface area contributed by atoms with Crippen LogP contribution >= 0.6 is 11.8 Å². The van der Waals surface area contributed by atoms with Gasteiger partial charge in [0.1, 0.15) is 24.1 Å². The minimum absolute atomic E-state index is 0.291. The number of carbonyl (C=O) groups excluding carboxylic acids is 2. The standard InChI is InChI=1S/C17H17N5O4S/c23-9-15(24)20-14-8-11(3-6-18-14)10-27-17-12(2-1-5-19-17)16(25)21-13-4-7-26-22-13/h1-3,5-6,8,23H,4,7,9-10H2,(H,18,20,24)(H,21,22,25). The van der Waals surface area contributed by atoms with Gasteiger partial charge in [0.15, 0.2) is 5.84 Å². The first-order chi connectivity index (χ1) is 13.2. The average Bonchev–Trinajstić information content (AvgIpc) is 3.19. The van der Waals surface area contributed by atoms with Crippen LogP contribution in [0, 0.1) is 0 Å². The summed E-state index contributed by atoms with van der Waals surface area (Å²) >= 11 is 1.39. The van der Waals surface area contributed by atoms with Crippen LogP contribution in [0.15, 0.2) is 46.8 Å². The lowest BCUT2D eigenvalue weighted by Gasteiger charge is -2.09. The van der Waals surface area contributed by atoms with E-state index in [1.54, 1.807) is 36.7 Å². The molecule has 2 amide bonds. The number of hydrogen-bond donors (Lipinski definition) is 3. The smallest absolute Gasteiger partial charge is 0.259 e. The number of nitrogens with zero attached hydrogens (tertiary/aromatic N) is 3. The Labute approximate surface area is 159 Å². The molecule has 0 aliphatic carbocycles. The number of thioether (sulfide) groups is 1. The molecule has 1 aliphatic rings. The number of pyridine rings is 2. The molecule has 0 atom stereocenters. The van der Waals surface area contributed by atoms with E-state index in [1.165, 1.54) is 11.8 Å². The van der Waals surface area contributed by atoms with Crippen molar-refractivity contribution >= 4 is 35.2 Å². The maximum Gasteiger partial charge on any atom is 0.259 e. The number of amidine groups is 1. The predicted octanol–water partition coefficient (Wildman–Crippen LogP) is 1.16. The van der Waals surface area contributed by atoms with Gasteiger partial charge in [-0.15, -0.1) is 11.8 Å². The van der Waals surface area contributed by atoms with Crippen molar-refractivity contribution in [3.63, 3.8) is 0 Å². The van der Waals surface area contributed by atoms with Crippen molar-refractivity contribution in [2.75, 3.05) is 18.5 Å². The SMILES string of the molecule is O=C(CO)Nc1cc(CSc2ncccc2C(=O)NC2=NOCC2)ccn1. The first kappa shape index (κ1) is 18.8. The first-order valence-electron chi connectivity index (χ1n) is 8.09. The Bertz CT molecular complexity index is 874. The molecule has 9 nitrogen and oxygen atoms in total. The summed E-state index contributed by atoms with van der Waals surface area (Å²) < 4.78 is 0. The number of anilines is 1. The normalized spacial score (nSPS) is 12.9. The fourth-order valence-electron chi connectivity index (χ4n) is 2.24. The number of aromatic nitrogens is 2. The Morgan fingerprint density at radius 2 is 2.11 bits per heavy atom. The zero-order valence-electron chi connectivity index (χ0n) is 14.2. The fourth-order valence-corrected chi connectivity index (χ4v) is 3.17. The summed E-state index contributed by atoms with van der Waals surface area (Å²) in [6.45, 7) is -0.148. The quantitative estimate of drug-likeness (QED) is 0.635. The van der Waals surface area contributed by atoms with Crippen molar-refractivity contribution in [1.82, 2.24) is 15.3 Å². The third-order valence-corrected chi connectivity index (χ3v) is 4.57. The summed E-state index contributed by atoms with van der Waals surface area (Å²) in [5.41, 5.74) is 1.33. The molecular weight excluding hydrogens is 370 g/mol. The molecule has 1 aliphatic heterocycles. The molecular formula is C17H17N5O4S. The van der Waals surface area contributed by atoms with Crippen molar-refractivity contribution in [3.05, 3.63) is 47.8 Å². The van der Waals surface area contributed by atoms with Crippen molar-refractivity contribution in [3.8, 4) is 0 Å². The maximum absolute atomic E-state index is 12.5. The molecule has 0 bridgehead atoms. The van der Waals surface area contributed by atoms with Gasteiger partial charge in [0.25, 0.3) is 11.8 Å². The summed E-state index contributed by atoms with van der Waals surface area (Å²) in [4.78, 5) is 36.9. The molecule has 0 fully saturated rings. The molecule has 0 aromatic carbocycles. The molecule has 2 aromatic heterocycles. The Balaban J connectivity index is 1.67. The largest absolute Gasteiger partial charge is 0.394 e. The van der Waals surface area contributed by atoms with Gasteiger partial charge in [-0.1, -0.05) is 5.16 Å². The number of hydrogen-bond acceptors (Lipinski definition) is 8. The van der Waals surface area contributed by atoms with E-state index in [1.807, 2.05) is 0 Å². The molecule has 0 saturated carbocycles. The van der Waals surface area contributed by atoms with Gasteiger partial charge in [0.05, 0.1) is 5.56 Å². The predicted molar refractivity (Wildman–Crippen MR) is 99.2 cm³/mol. The second kappa shape index (κ2) is 9.10. The third kappa shape index (κ3) is 5.25. The number of rotatable bonds is 6. The highest BCUT2D eigenvalue weighted by molar-refractivity contribution is 7.98. The molecule has 10 heteroatoms. The van der Waals surface area contributed by atoms with Gasteiger partial charge in [0, 0.05) is 24.6 Å². The molecule has 140 valence electrons. The minimum atomic E-state index is -0.608. The van der Waals surface area contributed by atoms with Gasteiger partial charge < -0.3 is 20.6 Å². The third-order valence-electron chi connectivity index (χ3n) is 3.49. The Morgan fingerprint density at radius 3 is 2.89 bits per heavy atom. The van der Waals surface area contributed by atoms with Gasteiger partial charge in [0.2, 0.25) is 0 Å². The Kier molecular flexibility index (Phi) is 6.34. The molecule has 3 rings (SSSR count). The lowest BCUT2D eigenvalue weighted by atomic mass is 10.2. The van der Waals surface area contributed by atoms with Crippen LogP contribution in [0.4, 0.5) is 5.82 Å². The van der Waals surface area contributed by atoms with Crippen LogP contribution in [0.25, 0.3) is 0 Å². The van der Waals surface area contributed by atoms with E-state index in [9.17, 15) is 9.59 Å². The van der Waals surface area contributed by atoms with E-state index in [2.05, 4.69) is 25.8 Å². The van der Waals surface area contributed by atoms with Crippen LogP contribution in [-0.2, 0) is 15.4 Å². The highest BCUT2D eigenvalue weighted by Gasteiger charge is 2.17. The number of amides is 2. The van der Waals surface area contributed by atoms with Gasteiger partial charge in [-0.3, -0.25) is 9.59 Å². The van der Waals surface area contributed by atoms with Crippen LogP contribution in [0.5, 0.6) is 0 Å². The topological polar surface area (TPSA) is 126 Å². The monoisotopic (exact) mass is 387 g/mol. The summed E-state index contributed by atoms with van der Waals surface area (Å²) in [6, 6.07) is 6.89. The molecule has 0 unspecified atom stereocenters. The van der Waals surface area contributed by atoms with Crippen molar-refractivity contribution in [1.29, 1.82) is 0 Å². The van der Waals surface area contributed by atoms with Crippen LogP contribution in [-0.4, -0.2) is 45.9 Å². The zero-order valence-corrected chi connectivity index (χ0v) is 15.0. The lowest BCUT2D eigenvalue weighted by molar-refractivity contribution is -0.118. The van der Waals surface area contributed by atoms with Crippen molar-refractivity contribution in [2.24, 2.45) is 5.16 Å². The van der Waals surface area contributed by atoms with Crippen LogP contribution in [0.2, 0.25) is 0 Å². The maximum atomic E-state index is 12.5. The van der Waals surface area contributed by atoms with Gasteiger partial charge in [-0.2, -0.15) is 0 Å². The molecule has 27 heavy (non-hydrogen) atoms. The molecule has 3 heterocycles. The number of oxime groups is 1. The fraction of sp³-hybridized carbons (Fsp3) is 0.235. The summed E-state index contributed by atoms with van der Waals surface area (Å²) in [7, 11) is 0. The van der Waals surface area contributed by atoms with Gasteiger partial charge in [-0.25, -0.2) is 9.97 Å². The molecule has 0 spiro atoms. The van der Waals surface area contributed by atoms with Crippen LogP contribution in [0.1, 0.15) is 22.3 Å². The van der Waals surface area contributed by atoms with E-state index in [0.717, 1.165) is 5.56 Å². The Morgan fingerprint density at radius 1 is 1.22 bits per heavy atom. The summed E-state index contributed by atoms with van der Waals surface area (Å²) in [6.07, 6.45) is 3.75. The zero-order chi connectivity index (χ0) is 19.1. The second-order valence-corrected chi connectivity index (χ2v) is 6.44. The highest BCUT2D eigenvalue weighted by atomic mass is 32.2. The second-order valence-electron chi connectivity index (χ2n) is 5.48. The van der Waals surface area contributed by atoms with E-state index in [4.69, 9.17) is 9.94 Å². The highest BCUT2D eigenvalue weighted by Crippen LogP contribution is 2.25. The number of nitrogens with one attached hydrogen (secondary N) is 2. The number of carbonyl (C=O) groups is 2. The minimum Gasteiger partial charge on any atom is -0.394 e. The van der Waals surface area contributed by atoms with E-state index >= 15 is 0 Å². The molecule has 0 radical (unpaired) electrons. The van der Waals surface area contributed by atoms with E-state index in [0.29, 0.717) is 41.0 Å². The van der Waals surface area contributed by atoms with Gasteiger partial charge in [-0.05, 0) is 29.8 Å². The van der Waals surface area contributed by atoms with Crippen molar-refractivity contribution in [2.45, 2.75) is 17.2 Å². The first-order valence-corrected chi connectivity index (χ1v) is 9.08. The summed E-state index contributed by atoms with van der Waals surface area (Å²) in [5, 5.41) is 18.3. The van der Waals surface area contributed by atoms with E-state index < -0.39 is 12.5 Å². The van der Waals surface area contributed by atoms with Crippen molar-refractivity contribution < 1.29 is 19.5 Å². The average molecular weight is 387 g/mol.